The highest BCUT2D eigenvalue weighted by atomic mass is 15.4. The summed E-state index contributed by atoms with van der Waals surface area (Å²) >= 11 is 0. The number of rotatable bonds is 3. The van der Waals surface area contributed by atoms with Crippen LogP contribution in [0.25, 0.3) is 22.1 Å². The molecule has 0 unspecified atom stereocenters. The molecule has 0 aliphatic heterocycles. The largest absolute Gasteiger partial charge is 0.327 e. The van der Waals surface area contributed by atoms with Gasteiger partial charge in [-0.15, -0.1) is 10.2 Å². The molecular formula is C16H13N7. The van der Waals surface area contributed by atoms with Crippen LogP contribution in [-0.2, 0) is 7.05 Å². The van der Waals surface area contributed by atoms with Gasteiger partial charge in [0, 0.05) is 24.8 Å². The second kappa shape index (κ2) is 5.45. The lowest BCUT2D eigenvalue weighted by atomic mass is 10.2. The molecule has 0 aliphatic rings. The Hall–Kier alpha value is -3.35. The van der Waals surface area contributed by atoms with E-state index in [1.165, 1.54) is 0 Å². The molecule has 4 rings (SSSR count). The van der Waals surface area contributed by atoms with E-state index in [0.717, 1.165) is 27.6 Å². The molecule has 0 spiro atoms. The van der Waals surface area contributed by atoms with Crippen LogP contribution >= 0.6 is 0 Å². The van der Waals surface area contributed by atoms with Gasteiger partial charge in [-0.1, -0.05) is 18.2 Å². The van der Waals surface area contributed by atoms with E-state index in [1.807, 2.05) is 48.0 Å². The Kier molecular flexibility index (Phi) is 3.16. The normalized spacial score (nSPS) is 11.5. The number of aromatic nitrogens is 5. The summed E-state index contributed by atoms with van der Waals surface area (Å²) in [6.07, 6.45) is 5.10. The Bertz CT molecular complexity index is 1000. The first-order valence-electron chi connectivity index (χ1n) is 7.10. The van der Waals surface area contributed by atoms with E-state index in [4.69, 9.17) is 0 Å². The van der Waals surface area contributed by atoms with Crippen LogP contribution in [0.3, 0.4) is 0 Å². The smallest absolute Gasteiger partial charge is 0.265 e. The minimum atomic E-state index is 0.355. The number of hydrogen-bond acceptors (Lipinski definition) is 6. The zero-order valence-corrected chi connectivity index (χ0v) is 12.4. The van der Waals surface area contributed by atoms with Crippen molar-refractivity contribution in [3.8, 4) is 0 Å². The van der Waals surface area contributed by atoms with Crippen LogP contribution < -0.4 is 5.43 Å². The van der Waals surface area contributed by atoms with Crippen molar-refractivity contribution in [3.63, 3.8) is 0 Å². The van der Waals surface area contributed by atoms with Crippen molar-refractivity contribution in [1.82, 2.24) is 24.7 Å². The minimum Gasteiger partial charge on any atom is -0.327 e. The molecule has 7 nitrogen and oxygen atoms in total. The molecule has 112 valence electrons. The van der Waals surface area contributed by atoms with E-state index in [2.05, 4.69) is 30.7 Å². The standard InChI is InChI=1S/C16H13N7/c1-23-13-5-3-2-4-12(13)14-15(23)19-16(22-20-14)21-18-10-11-6-8-17-9-7-11/h2-10H,1H3,(H,19,21,22)/b18-10+. The monoisotopic (exact) mass is 303 g/mol. The molecule has 1 N–H and O–H groups in total. The molecule has 1 aromatic carbocycles. The predicted molar refractivity (Wildman–Crippen MR) is 89.3 cm³/mol. The van der Waals surface area contributed by atoms with Crippen molar-refractivity contribution in [2.24, 2.45) is 12.1 Å². The molecule has 0 bridgehead atoms. The second-order valence-electron chi connectivity index (χ2n) is 5.03. The zero-order chi connectivity index (χ0) is 15.6. The van der Waals surface area contributed by atoms with Crippen molar-refractivity contribution in [2.75, 3.05) is 5.43 Å². The zero-order valence-electron chi connectivity index (χ0n) is 12.4. The van der Waals surface area contributed by atoms with Crippen molar-refractivity contribution in [1.29, 1.82) is 0 Å². The highest BCUT2D eigenvalue weighted by Gasteiger charge is 2.11. The number of hydrogen-bond donors (Lipinski definition) is 1. The van der Waals surface area contributed by atoms with Gasteiger partial charge in [-0.2, -0.15) is 10.1 Å². The quantitative estimate of drug-likeness (QED) is 0.464. The molecule has 0 aliphatic carbocycles. The number of hydrazone groups is 1. The lowest BCUT2D eigenvalue weighted by molar-refractivity contribution is 0.949. The highest BCUT2D eigenvalue weighted by molar-refractivity contribution is 6.04. The number of para-hydroxylation sites is 1. The van der Waals surface area contributed by atoms with E-state index in [9.17, 15) is 0 Å². The number of anilines is 1. The Morgan fingerprint density at radius 3 is 2.78 bits per heavy atom. The Morgan fingerprint density at radius 2 is 1.91 bits per heavy atom. The van der Waals surface area contributed by atoms with Gasteiger partial charge < -0.3 is 4.57 Å². The van der Waals surface area contributed by atoms with Gasteiger partial charge >= 0.3 is 0 Å². The summed E-state index contributed by atoms with van der Waals surface area (Å²) in [6.45, 7) is 0. The molecule has 0 amide bonds. The Balaban J connectivity index is 1.68. The van der Waals surface area contributed by atoms with E-state index in [-0.39, 0.29) is 0 Å². The van der Waals surface area contributed by atoms with Gasteiger partial charge in [0.25, 0.3) is 5.95 Å². The fourth-order valence-corrected chi connectivity index (χ4v) is 2.47. The fraction of sp³-hybridized carbons (Fsp3) is 0.0625. The second-order valence-corrected chi connectivity index (χ2v) is 5.03. The predicted octanol–water partition coefficient (Wildman–Crippen LogP) is 2.36. The van der Waals surface area contributed by atoms with Crippen LogP contribution in [0.15, 0.2) is 53.9 Å². The average molecular weight is 303 g/mol. The van der Waals surface area contributed by atoms with Crippen molar-refractivity contribution >= 4 is 34.2 Å². The van der Waals surface area contributed by atoms with Crippen molar-refractivity contribution < 1.29 is 0 Å². The Labute approximate surface area is 131 Å². The van der Waals surface area contributed by atoms with Gasteiger partial charge in [-0.05, 0) is 23.8 Å². The summed E-state index contributed by atoms with van der Waals surface area (Å²) < 4.78 is 2.00. The number of aryl methyl sites for hydroxylation is 1. The summed E-state index contributed by atoms with van der Waals surface area (Å²) in [7, 11) is 1.96. The summed E-state index contributed by atoms with van der Waals surface area (Å²) in [5.41, 5.74) is 6.37. The molecule has 0 saturated heterocycles. The number of fused-ring (bicyclic) bond motifs is 3. The Morgan fingerprint density at radius 1 is 1.09 bits per heavy atom. The molecule has 0 fully saturated rings. The molecule has 0 radical (unpaired) electrons. The molecule has 3 heterocycles. The maximum absolute atomic E-state index is 4.50. The third-order valence-corrected chi connectivity index (χ3v) is 3.59. The summed E-state index contributed by atoms with van der Waals surface area (Å²) in [5, 5.41) is 13.5. The highest BCUT2D eigenvalue weighted by Crippen LogP contribution is 2.24. The van der Waals surface area contributed by atoms with Crippen LogP contribution in [0.2, 0.25) is 0 Å². The average Bonchev–Trinajstić information content (AvgIpc) is 2.89. The molecule has 3 aromatic heterocycles. The van der Waals surface area contributed by atoms with E-state index in [1.54, 1.807) is 18.6 Å². The first-order chi connectivity index (χ1) is 11.3. The molecular weight excluding hydrogens is 290 g/mol. The van der Waals surface area contributed by atoms with Crippen molar-refractivity contribution in [3.05, 3.63) is 54.4 Å². The van der Waals surface area contributed by atoms with E-state index >= 15 is 0 Å². The first kappa shape index (κ1) is 13.3. The topological polar surface area (TPSA) is 80.9 Å². The number of nitrogens with zero attached hydrogens (tertiary/aromatic N) is 6. The van der Waals surface area contributed by atoms with Gasteiger partial charge in [-0.3, -0.25) is 4.98 Å². The number of nitrogens with one attached hydrogen (secondary N) is 1. The lowest BCUT2D eigenvalue weighted by Gasteiger charge is -1.99. The van der Waals surface area contributed by atoms with Crippen LogP contribution in [0, 0.1) is 0 Å². The van der Waals surface area contributed by atoms with Crippen LogP contribution in [-0.4, -0.2) is 30.9 Å². The number of benzene rings is 1. The molecule has 0 atom stereocenters. The third-order valence-electron chi connectivity index (χ3n) is 3.59. The summed E-state index contributed by atoms with van der Waals surface area (Å²) in [4.78, 5) is 8.45. The number of pyridine rings is 1. The summed E-state index contributed by atoms with van der Waals surface area (Å²) in [6, 6.07) is 11.7. The van der Waals surface area contributed by atoms with Gasteiger partial charge in [-0.25, -0.2) is 5.43 Å². The molecule has 23 heavy (non-hydrogen) atoms. The van der Waals surface area contributed by atoms with Crippen LogP contribution in [0.1, 0.15) is 5.56 Å². The van der Waals surface area contributed by atoms with E-state index in [0.29, 0.717) is 5.95 Å². The van der Waals surface area contributed by atoms with Crippen molar-refractivity contribution in [2.45, 2.75) is 0 Å². The first-order valence-corrected chi connectivity index (χ1v) is 7.10. The molecule has 0 saturated carbocycles. The van der Waals surface area contributed by atoms with Gasteiger partial charge in [0.2, 0.25) is 0 Å². The maximum atomic E-state index is 4.50. The van der Waals surface area contributed by atoms with Crippen LogP contribution in [0.4, 0.5) is 5.95 Å². The fourth-order valence-electron chi connectivity index (χ4n) is 2.47. The van der Waals surface area contributed by atoms with Gasteiger partial charge in [0.05, 0.1) is 11.7 Å². The lowest BCUT2D eigenvalue weighted by Crippen LogP contribution is -2.00. The maximum Gasteiger partial charge on any atom is 0.265 e. The summed E-state index contributed by atoms with van der Waals surface area (Å²) in [5.74, 6) is 0.355. The molecule has 4 aromatic rings. The SMILES string of the molecule is Cn1c2ccccc2c2nnc(N/N=C/c3ccncc3)nc21. The van der Waals surface area contributed by atoms with E-state index < -0.39 is 0 Å². The van der Waals surface area contributed by atoms with Gasteiger partial charge in [0.1, 0.15) is 5.52 Å². The third kappa shape index (κ3) is 2.38. The van der Waals surface area contributed by atoms with Gasteiger partial charge in [0.15, 0.2) is 5.65 Å². The molecule has 7 heteroatoms. The minimum absolute atomic E-state index is 0.355. The van der Waals surface area contributed by atoms with Crippen LogP contribution in [0.5, 0.6) is 0 Å².